The average molecular weight is 354 g/mol. The minimum Gasteiger partial charge on any atom is -0.497 e. The van der Waals surface area contributed by atoms with Crippen LogP contribution in [0.25, 0.3) is 0 Å². The molecule has 0 spiro atoms. The zero-order valence-corrected chi connectivity index (χ0v) is 14.7. The second-order valence-corrected chi connectivity index (χ2v) is 6.83. The molecular weight excluding hydrogens is 332 g/mol. The quantitative estimate of drug-likeness (QED) is 0.862. The fourth-order valence-electron chi connectivity index (χ4n) is 3.44. The van der Waals surface area contributed by atoms with E-state index in [2.05, 4.69) is 15.5 Å². The molecule has 1 aromatic heterocycles. The van der Waals surface area contributed by atoms with Crippen LogP contribution in [-0.2, 0) is 4.79 Å². The monoisotopic (exact) mass is 354 g/mol. The standard InChI is InChI=1S/C19H22N4O3/c1-26-14-5-2-4-13(10-14)23-9-3-6-16(19(23)25)21-18(24)15-11-20-22-17(15)12-7-8-12/h2,4-5,10-12,16H,3,6-9H2,1H3,(H,20,22)(H,21,24). The van der Waals surface area contributed by atoms with Crippen LogP contribution in [0, 0.1) is 0 Å². The molecule has 2 amide bonds. The van der Waals surface area contributed by atoms with Gasteiger partial charge in [0.1, 0.15) is 11.8 Å². The highest BCUT2D eigenvalue weighted by atomic mass is 16.5. The number of rotatable bonds is 5. The van der Waals surface area contributed by atoms with Crippen LogP contribution < -0.4 is 15.0 Å². The van der Waals surface area contributed by atoms with Crippen molar-refractivity contribution in [2.45, 2.75) is 37.6 Å². The summed E-state index contributed by atoms with van der Waals surface area (Å²) in [6, 6.07) is 6.89. The number of nitrogens with one attached hydrogen (secondary N) is 2. The number of carbonyl (C=O) groups is 2. The SMILES string of the molecule is COc1cccc(N2CCCC(NC(=O)c3cn[nH]c3C3CC3)C2=O)c1. The van der Waals surface area contributed by atoms with E-state index in [9.17, 15) is 9.59 Å². The molecule has 1 aliphatic heterocycles. The molecule has 2 fully saturated rings. The van der Waals surface area contributed by atoms with Crippen LogP contribution in [-0.4, -0.2) is 41.7 Å². The second kappa shape index (κ2) is 6.82. The molecule has 7 heteroatoms. The molecule has 2 aromatic rings. The third-order valence-electron chi connectivity index (χ3n) is 5.01. The summed E-state index contributed by atoms with van der Waals surface area (Å²) in [5.74, 6) is 0.781. The van der Waals surface area contributed by atoms with Crippen molar-refractivity contribution in [1.29, 1.82) is 0 Å². The maximum atomic E-state index is 12.9. The van der Waals surface area contributed by atoms with Crippen molar-refractivity contribution >= 4 is 17.5 Å². The summed E-state index contributed by atoms with van der Waals surface area (Å²) in [7, 11) is 1.60. The van der Waals surface area contributed by atoms with Crippen molar-refractivity contribution in [3.05, 3.63) is 41.7 Å². The smallest absolute Gasteiger partial charge is 0.255 e. The number of aromatic amines is 1. The van der Waals surface area contributed by atoms with Gasteiger partial charge in [-0.2, -0.15) is 5.10 Å². The summed E-state index contributed by atoms with van der Waals surface area (Å²) in [6.45, 7) is 0.636. The van der Waals surface area contributed by atoms with Crippen molar-refractivity contribution < 1.29 is 14.3 Å². The number of benzene rings is 1. The largest absolute Gasteiger partial charge is 0.497 e. The van der Waals surface area contributed by atoms with E-state index in [1.54, 1.807) is 18.2 Å². The number of nitrogens with zero attached hydrogens (tertiary/aromatic N) is 2. The molecule has 0 bridgehead atoms. The number of carbonyl (C=O) groups excluding carboxylic acids is 2. The topological polar surface area (TPSA) is 87.3 Å². The lowest BCUT2D eigenvalue weighted by molar-refractivity contribution is -0.121. The number of H-pyrrole nitrogens is 1. The zero-order chi connectivity index (χ0) is 18.1. The zero-order valence-electron chi connectivity index (χ0n) is 14.7. The van der Waals surface area contributed by atoms with Gasteiger partial charge in [-0.1, -0.05) is 6.07 Å². The van der Waals surface area contributed by atoms with E-state index in [4.69, 9.17) is 4.74 Å². The van der Waals surface area contributed by atoms with Gasteiger partial charge >= 0.3 is 0 Å². The Morgan fingerprint density at radius 2 is 2.19 bits per heavy atom. The molecule has 0 radical (unpaired) electrons. The van der Waals surface area contributed by atoms with Crippen molar-refractivity contribution in [1.82, 2.24) is 15.5 Å². The minimum absolute atomic E-state index is 0.0886. The van der Waals surface area contributed by atoms with Crippen LogP contribution >= 0.6 is 0 Å². The van der Waals surface area contributed by atoms with Crippen LogP contribution in [0.1, 0.15) is 47.7 Å². The minimum atomic E-state index is -0.524. The first kappa shape index (κ1) is 16.6. The van der Waals surface area contributed by atoms with E-state index in [1.807, 2.05) is 24.3 Å². The molecule has 1 atom stereocenters. The summed E-state index contributed by atoms with van der Waals surface area (Å²) >= 11 is 0. The first-order chi connectivity index (χ1) is 12.7. The van der Waals surface area contributed by atoms with Gasteiger partial charge in [0.15, 0.2) is 0 Å². The Labute approximate surface area is 151 Å². The normalized spacial score (nSPS) is 20.1. The molecule has 1 unspecified atom stereocenters. The Morgan fingerprint density at radius 1 is 1.35 bits per heavy atom. The third-order valence-corrected chi connectivity index (χ3v) is 5.01. The molecule has 1 aliphatic carbocycles. The van der Waals surface area contributed by atoms with Gasteiger partial charge < -0.3 is 15.0 Å². The van der Waals surface area contributed by atoms with Crippen molar-refractivity contribution in [3.63, 3.8) is 0 Å². The van der Waals surface area contributed by atoms with Gasteiger partial charge in [-0.3, -0.25) is 14.7 Å². The van der Waals surface area contributed by atoms with E-state index in [0.717, 1.165) is 30.6 Å². The highest BCUT2D eigenvalue weighted by Gasteiger charge is 2.34. The van der Waals surface area contributed by atoms with E-state index in [1.165, 1.54) is 0 Å². The first-order valence-electron chi connectivity index (χ1n) is 8.97. The van der Waals surface area contributed by atoms with Gasteiger partial charge in [0.2, 0.25) is 5.91 Å². The fraction of sp³-hybridized carbons (Fsp3) is 0.421. The second-order valence-electron chi connectivity index (χ2n) is 6.83. The number of ether oxygens (including phenoxy) is 1. The van der Waals surface area contributed by atoms with E-state index in [-0.39, 0.29) is 11.8 Å². The van der Waals surface area contributed by atoms with Crippen molar-refractivity contribution in [3.8, 4) is 5.75 Å². The van der Waals surface area contributed by atoms with Crippen LogP contribution in [0.5, 0.6) is 5.75 Å². The lowest BCUT2D eigenvalue weighted by Gasteiger charge is -2.32. The van der Waals surface area contributed by atoms with Crippen molar-refractivity contribution in [2.24, 2.45) is 0 Å². The number of piperidine rings is 1. The molecule has 1 saturated heterocycles. The van der Waals surface area contributed by atoms with Gasteiger partial charge in [0, 0.05) is 24.2 Å². The molecule has 1 aromatic carbocycles. The van der Waals surface area contributed by atoms with Gasteiger partial charge in [-0.25, -0.2) is 0 Å². The van der Waals surface area contributed by atoms with Crippen molar-refractivity contribution in [2.75, 3.05) is 18.6 Å². The van der Waals surface area contributed by atoms with Crippen LogP contribution in [0.15, 0.2) is 30.5 Å². The van der Waals surface area contributed by atoms with E-state index in [0.29, 0.717) is 30.2 Å². The van der Waals surface area contributed by atoms with Gasteiger partial charge in [-0.15, -0.1) is 0 Å². The highest BCUT2D eigenvalue weighted by Crippen LogP contribution is 2.40. The maximum Gasteiger partial charge on any atom is 0.255 e. The summed E-state index contributed by atoms with van der Waals surface area (Å²) < 4.78 is 5.24. The number of amides is 2. The molecule has 2 heterocycles. The van der Waals surface area contributed by atoms with Crippen LogP contribution in [0.3, 0.4) is 0 Å². The van der Waals surface area contributed by atoms with Crippen LogP contribution in [0.4, 0.5) is 5.69 Å². The summed E-state index contributed by atoms with van der Waals surface area (Å²) in [6.07, 6.45) is 5.18. The Hall–Kier alpha value is -2.83. The number of methoxy groups -OCH3 is 1. The summed E-state index contributed by atoms with van der Waals surface area (Å²) in [5, 5.41) is 9.83. The van der Waals surface area contributed by atoms with Gasteiger partial charge in [-0.05, 0) is 37.8 Å². The maximum absolute atomic E-state index is 12.9. The summed E-state index contributed by atoms with van der Waals surface area (Å²) in [4.78, 5) is 27.3. The Balaban J connectivity index is 1.49. The molecule has 7 nitrogen and oxygen atoms in total. The summed E-state index contributed by atoms with van der Waals surface area (Å²) in [5.41, 5.74) is 2.23. The molecule has 2 N–H and O–H groups in total. The Morgan fingerprint density at radius 3 is 2.96 bits per heavy atom. The van der Waals surface area contributed by atoms with Gasteiger partial charge in [0.05, 0.1) is 24.6 Å². The molecule has 26 heavy (non-hydrogen) atoms. The lowest BCUT2D eigenvalue weighted by atomic mass is 10.0. The molecular formula is C19H22N4O3. The fourth-order valence-corrected chi connectivity index (χ4v) is 3.44. The highest BCUT2D eigenvalue weighted by molar-refractivity contribution is 6.03. The predicted molar refractivity (Wildman–Crippen MR) is 96.4 cm³/mol. The molecule has 4 rings (SSSR count). The molecule has 136 valence electrons. The van der Waals surface area contributed by atoms with Crippen LogP contribution in [0.2, 0.25) is 0 Å². The predicted octanol–water partition coefficient (Wildman–Crippen LogP) is 2.22. The number of hydrogen-bond donors (Lipinski definition) is 2. The third kappa shape index (κ3) is 3.16. The van der Waals surface area contributed by atoms with E-state index >= 15 is 0 Å². The molecule has 1 saturated carbocycles. The number of aromatic nitrogens is 2. The van der Waals surface area contributed by atoms with Gasteiger partial charge in [0.25, 0.3) is 5.91 Å². The lowest BCUT2D eigenvalue weighted by Crippen LogP contribution is -2.52. The molecule has 2 aliphatic rings. The number of anilines is 1. The first-order valence-corrected chi connectivity index (χ1v) is 8.97. The Kier molecular flexibility index (Phi) is 4.36. The Bertz CT molecular complexity index is 828. The van der Waals surface area contributed by atoms with E-state index < -0.39 is 6.04 Å². The number of hydrogen-bond acceptors (Lipinski definition) is 4. The average Bonchev–Trinajstić information content (AvgIpc) is 3.39.